The molecule has 0 spiro atoms. The van der Waals surface area contributed by atoms with Crippen molar-refractivity contribution in [1.29, 1.82) is 0 Å². The van der Waals surface area contributed by atoms with Crippen LogP contribution in [0.5, 0.6) is 0 Å². The second-order valence-corrected chi connectivity index (χ2v) is 6.54. The number of alkyl halides is 3. The van der Waals surface area contributed by atoms with E-state index in [1.165, 1.54) is 31.2 Å². The van der Waals surface area contributed by atoms with Crippen LogP contribution in [0.15, 0.2) is 64.8 Å². The highest BCUT2D eigenvalue weighted by Crippen LogP contribution is 2.30. The fraction of sp³-hybridized carbons (Fsp3) is 0.158. The van der Waals surface area contributed by atoms with Crippen LogP contribution < -0.4 is 10.4 Å². The smallest absolute Gasteiger partial charge is 0.271 e. The van der Waals surface area contributed by atoms with Crippen molar-refractivity contribution in [2.24, 2.45) is 16.1 Å². The molecule has 0 aromatic heterocycles. The third kappa shape index (κ3) is 4.45. The number of para-hydroxylation sites is 1. The van der Waals surface area contributed by atoms with Crippen molar-refractivity contribution in [2.45, 2.75) is 13.1 Å². The van der Waals surface area contributed by atoms with Crippen molar-refractivity contribution in [1.82, 2.24) is 5.43 Å². The van der Waals surface area contributed by atoms with Crippen LogP contribution in [0.3, 0.4) is 0 Å². The number of amides is 2. The number of carbonyl (C=O) groups excluding carboxylic acids is 2. The molecular formula is C19H14ClF3N4O2. The van der Waals surface area contributed by atoms with Gasteiger partial charge in [0.1, 0.15) is 5.92 Å². The summed E-state index contributed by atoms with van der Waals surface area (Å²) >= 11 is 5.72. The first-order valence-corrected chi connectivity index (χ1v) is 8.71. The second kappa shape index (κ2) is 8.04. The van der Waals surface area contributed by atoms with E-state index in [1.807, 2.05) is 5.43 Å². The zero-order valence-electron chi connectivity index (χ0n) is 14.9. The summed E-state index contributed by atoms with van der Waals surface area (Å²) in [6, 6.07) is 13.6. The van der Waals surface area contributed by atoms with Crippen LogP contribution >= 0.6 is 11.6 Å². The Labute approximate surface area is 168 Å². The third-order valence-corrected chi connectivity index (χ3v) is 4.33. The molecule has 2 amide bonds. The van der Waals surface area contributed by atoms with Crippen LogP contribution in [0.2, 0.25) is 5.02 Å². The highest BCUT2D eigenvalue weighted by Gasteiger charge is 2.49. The average Bonchev–Trinajstić information content (AvgIpc) is 2.97. The molecule has 0 bridgehead atoms. The maximum absolute atomic E-state index is 13.6. The van der Waals surface area contributed by atoms with Crippen LogP contribution in [-0.4, -0.2) is 29.4 Å². The first-order chi connectivity index (χ1) is 13.7. The monoisotopic (exact) mass is 422 g/mol. The maximum atomic E-state index is 13.6. The maximum Gasteiger partial charge on any atom is 0.432 e. The van der Waals surface area contributed by atoms with Crippen LogP contribution in [0.4, 0.5) is 18.9 Å². The third-order valence-electron chi connectivity index (χ3n) is 4.08. The van der Waals surface area contributed by atoms with Gasteiger partial charge in [-0.2, -0.15) is 28.4 Å². The van der Waals surface area contributed by atoms with Crippen molar-refractivity contribution in [2.75, 3.05) is 5.01 Å². The van der Waals surface area contributed by atoms with E-state index in [0.717, 1.165) is 5.01 Å². The van der Waals surface area contributed by atoms with Gasteiger partial charge in [-0.1, -0.05) is 29.8 Å². The number of hydrogen-bond donors (Lipinski definition) is 1. The Morgan fingerprint density at radius 3 is 2.34 bits per heavy atom. The lowest BCUT2D eigenvalue weighted by Gasteiger charge is -2.17. The zero-order chi connectivity index (χ0) is 21.2. The molecule has 1 atom stereocenters. The van der Waals surface area contributed by atoms with Gasteiger partial charge in [-0.05, 0) is 43.3 Å². The molecule has 29 heavy (non-hydrogen) atoms. The Kier molecular flexibility index (Phi) is 5.69. The number of hydrogen-bond acceptors (Lipinski definition) is 4. The van der Waals surface area contributed by atoms with E-state index >= 15 is 0 Å². The predicted octanol–water partition coefficient (Wildman–Crippen LogP) is 4.03. The van der Waals surface area contributed by atoms with Gasteiger partial charge < -0.3 is 0 Å². The first kappa shape index (κ1) is 20.5. The number of rotatable bonds is 4. The van der Waals surface area contributed by atoms with Crippen molar-refractivity contribution in [3.63, 3.8) is 0 Å². The number of benzene rings is 2. The predicted molar refractivity (Wildman–Crippen MR) is 103 cm³/mol. The summed E-state index contributed by atoms with van der Waals surface area (Å²) in [7, 11) is 0. The molecule has 2 aromatic carbocycles. The lowest BCUT2D eigenvalue weighted by Crippen LogP contribution is -2.41. The van der Waals surface area contributed by atoms with Crippen molar-refractivity contribution in [3.05, 3.63) is 65.2 Å². The molecule has 0 fully saturated rings. The Bertz CT molecular complexity index is 989. The van der Waals surface area contributed by atoms with E-state index in [2.05, 4.69) is 10.2 Å². The molecule has 150 valence electrons. The van der Waals surface area contributed by atoms with Crippen LogP contribution in [-0.2, 0) is 4.79 Å². The minimum atomic E-state index is -4.96. The van der Waals surface area contributed by atoms with Gasteiger partial charge in [0.25, 0.3) is 11.8 Å². The summed E-state index contributed by atoms with van der Waals surface area (Å²) in [5.74, 6) is -3.55. The van der Waals surface area contributed by atoms with Crippen LogP contribution in [0.25, 0.3) is 0 Å². The molecule has 6 nitrogen and oxygen atoms in total. The second-order valence-electron chi connectivity index (χ2n) is 6.10. The highest BCUT2D eigenvalue weighted by atomic mass is 35.5. The van der Waals surface area contributed by atoms with E-state index in [9.17, 15) is 22.8 Å². The molecule has 1 aliphatic heterocycles. The Morgan fingerprint density at radius 1 is 1.14 bits per heavy atom. The minimum Gasteiger partial charge on any atom is -0.271 e. The van der Waals surface area contributed by atoms with Gasteiger partial charge in [-0.15, -0.1) is 0 Å². The van der Waals surface area contributed by atoms with Gasteiger partial charge in [-0.25, -0.2) is 5.43 Å². The van der Waals surface area contributed by atoms with Gasteiger partial charge in [0, 0.05) is 10.6 Å². The zero-order valence-corrected chi connectivity index (χ0v) is 15.7. The molecule has 10 heteroatoms. The fourth-order valence-electron chi connectivity index (χ4n) is 2.70. The Hall–Kier alpha value is -3.20. The number of nitrogens with zero attached hydrogens (tertiary/aromatic N) is 3. The van der Waals surface area contributed by atoms with Gasteiger partial charge in [0.05, 0.1) is 11.4 Å². The van der Waals surface area contributed by atoms with Crippen molar-refractivity contribution in [3.8, 4) is 0 Å². The molecule has 1 aliphatic rings. The fourth-order valence-corrected chi connectivity index (χ4v) is 2.83. The molecule has 0 radical (unpaired) electrons. The van der Waals surface area contributed by atoms with E-state index in [4.69, 9.17) is 11.6 Å². The molecular weight excluding hydrogens is 409 g/mol. The highest BCUT2D eigenvalue weighted by molar-refractivity contribution is 6.30. The van der Waals surface area contributed by atoms with Gasteiger partial charge >= 0.3 is 6.18 Å². The standard InChI is InChI=1S/C19H14ClF3N4O2/c1-11-15(18(29)27(26-11)14-5-3-2-4-6-14)16(19(21,22)23)24-25-17(28)12-7-9-13(20)10-8-12/h2-10,15H,1H3,(H,25,28). The van der Waals surface area contributed by atoms with Gasteiger partial charge in [0.15, 0.2) is 5.71 Å². The molecule has 0 saturated heterocycles. The molecule has 3 rings (SSSR count). The Morgan fingerprint density at radius 2 is 1.76 bits per heavy atom. The molecule has 2 aromatic rings. The van der Waals surface area contributed by atoms with Gasteiger partial charge in [-0.3, -0.25) is 9.59 Å². The summed E-state index contributed by atoms with van der Waals surface area (Å²) in [4.78, 5) is 24.8. The summed E-state index contributed by atoms with van der Waals surface area (Å²) in [6.07, 6.45) is -4.96. The summed E-state index contributed by atoms with van der Waals surface area (Å²) in [5, 5.41) is 8.44. The summed E-state index contributed by atoms with van der Waals surface area (Å²) in [5.41, 5.74) is 0.705. The number of carbonyl (C=O) groups is 2. The van der Waals surface area contributed by atoms with Crippen molar-refractivity contribution >= 4 is 40.5 Å². The van der Waals surface area contributed by atoms with E-state index in [0.29, 0.717) is 10.7 Å². The van der Waals surface area contributed by atoms with Crippen LogP contribution in [0.1, 0.15) is 17.3 Å². The molecule has 1 heterocycles. The molecule has 0 saturated carbocycles. The molecule has 1 N–H and O–H groups in total. The van der Waals surface area contributed by atoms with E-state index in [-0.39, 0.29) is 11.3 Å². The topological polar surface area (TPSA) is 74.1 Å². The first-order valence-electron chi connectivity index (χ1n) is 8.33. The van der Waals surface area contributed by atoms with Gasteiger partial charge in [0.2, 0.25) is 0 Å². The van der Waals surface area contributed by atoms with Crippen LogP contribution in [0, 0.1) is 5.92 Å². The molecule has 0 aliphatic carbocycles. The average molecular weight is 423 g/mol. The quantitative estimate of drug-likeness (QED) is 0.596. The minimum absolute atomic E-state index is 0.0636. The molecule has 1 unspecified atom stereocenters. The number of anilines is 1. The number of halogens is 4. The largest absolute Gasteiger partial charge is 0.432 e. The Balaban J connectivity index is 1.88. The summed E-state index contributed by atoms with van der Waals surface area (Å²) in [6.45, 7) is 1.30. The van der Waals surface area contributed by atoms with E-state index in [1.54, 1.807) is 30.3 Å². The number of hydrazone groups is 2. The number of nitrogens with one attached hydrogen (secondary N) is 1. The lowest BCUT2D eigenvalue weighted by molar-refractivity contribution is -0.119. The summed E-state index contributed by atoms with van der Waals surface area (Å²) < 4.78 is 40.9. The SMILES string of the molecule is CC1=NN(c2ccccc2)C(=O)C1C(=NNC(=O)c1ccc(Cl)cc1)C(F)(F)F. The lowest BCUT2D eigenvalue weighted by atomic mass is 9.97. The van der Waals surface area contributed by atoms with Crippen molar-refractivity contribution < 1.29 is 22.8 Å². The normalized spacial score (nSPS) is 17.3. The van der Waals surface area contributed by atoms with E-state index < -0.39 is 29.6 Å².